The van der Waals surface area contributed by atoms with Gasteiger partial charge < -0.3 is 10.8 Å². The average molecular weight is 127 g/mol. The van der Waals surface area contributed by atoms with Crippen molar-refractivity contribution < 1.29 is 5.11 Å². The van der Waals surface area contributed by atoms with Crippen LogP contribution in [0.25, 0.3) is 0 Å². The zero-order valence-corrected chi connectivity index (χ0v) is 4.91. The molecule has 0 bridgehead atoms. The number of H-pyrrole nitrogens is 1. The molecular weight excluding hydrogens is 118 g/mol. The summed E-state index contributed by atoms with van der Waals surface area (Å²) in [5.41, 5.74) is 5.91. The van der Waals surface area contributed by atoms with Crippen molar-refractivity contribution in [3.63, 3.8) is 0 Å². The number of aliphatic hydroxyl groups is 1. The maximum atomic E-state index is 9.03. The summed E-state index contributed by atoms with van der Waals surface area (Å²) in [6.07, 6.45) is 2.60. The number of nitrogens with one attached hydrogen (secondary N) is 1. The number of aromatic nitrogens is 2. The van der Waals surface area contributed by atoms with Crippen molar-refractivity contribution in [3.8, 4) is 0 Å². The molecule has 0 unspecified atom stereocenters. The highest BCUT2D eigenvalue weighted by molar-refractivity contribution is 5.06. The number of hydrogen-bond acceptors (Lipinski definition) is 3. The molecule has 0 aliphatic heterocycles. The van der Waals surface area contributed by atoms with E-state index in [9.17, 15) is 0 Å². The fourth-order valence-electron chi connectivity index (χ4n) is 0.579. The lowest BCUT2D eigenvalue weighted by atomic mass is 10.2. The van der Waals surface area contributed by atoms with Crippen molar-refractivity contribution in [2.45, 2.75) is 6.10 Å². The summed E-state index contributed by atoms with van der Waals surface area (Å²) in [4.78, 5) is 0. The Bertz CT molecular complexity index is 161. The van der Waals surface area contributed by atoms with Gasteiger partial charge in [-0.15, -0.1) is 0 Å². The summed E-state index contributed by atoms with van der Waals surface area (Å²) in [5, 5.41) is 15.3. The largest absolute Gasteiger partial charge is 0.387 e. The van der Waals surface area contributed by atoms with E-state index in [0.717, 1.165) is 5.56 Å². The summed E-state index contributed by atoms with van der Waals surface area (Å²) in [6, 6.07) is 0. The first kappa shape index (κ1) is 6.25. The van der Waals surface area contributed by atoms with E-state index in [-0.39, 0.29) is 6.54 Å². The van der Waals surface area contributed by atoms with Gasteiger partial charge in [0.1, 0.15) is 0 Å². The van der Waals surface area contributed by atoms with Gasteiger partial charge in [0.2, 0.25) is 0 Å². The molecule has 0 aromatic carbocycles. The SMILES string of the molecule is NC[C@@H](O)c1cn[nH]c1. The summed E-state index contributed by atoms with van der Waals surface area (Å²) in [5.74, 6) is 0. The fourth-order valence-corrected chi connectivity index (χ4v) is 0.579. The van der Waals surface area contributed by atoms with Crippen LogP contribution in [0.5, 0.6) is 0 Å². The second-order valence-corrected chi connectivity index (χ2v) is 1.78. The molecule has 0 spiro atoms. The number of rotatable bonds is 2. The molecule has 0 fully saturated rings. The third-order valence-corrected chi connectivity index (χ3v) is 1.13. The van der Waals surface area contributed by atoms with Crippen LogP contribution < -0.4 is 5.73 Å². The normalized spacial score (nSPS) is 13.6. The van der Waals surface area contributed by atoms with Crippen LogP contribution in [0.2, 0.25) is 0 Å². The smallest absolute Gasteiger partial charge is 0.0942 e. The molecule has 1 heterocycles. The maximum absolute atomic E-state index is 9.03. The number of nitrogens with zero attached hydrogens (tertiary/aromatic N) is 1. The van der Waals surface area contributed by atoms with E-state index in [4.69, 9.17) is 10.8 Å². The standard InChI is InChI=1S/C5H9N3O/c6-1-5(9)4-2-7-8-3-4/h2-3,5,9H,1,6H2,(H,7,8)/t5-/m1/s1. The van der Waals surface area contributed by atoms with Crippen molar-refractivity contribution in [2.24, 2.45) is 5.73 Å². The number of hydrogen-bond donors (Lipinski definition) is 3. The van der Waals surface area contributed by atoms with Gasteiger partial charge >= 0.3 is 0 Å². The summed E-state index contributed by atoms with van der Waals surface area (Å²) in [6.45, 7) is 0.236. The summed E-state index contributed by atoms with van der Waals surface area (Å²) in [7, 11) is 0. The highest BCUT2D eigenvalue weighted by atomic mass is 16.3. The molecule has 0 saturated heterocycles. The van der Waals surface area contributed by atoms with E-state index in [1.54, 1.807) is 12.4 Å². The molecule has 0 aliphatic carbocycles. The Labute approximate surface area is 52.7 Å². The summed E-state index contributed by atoms with van der Waals surface area (Å²) >= 11 is 0. The number of aliphatic hydroxyl groups excluding tert-OH is 1. The minimum atomic E-state index is -0.580. The van der Waals surface area contributed by atoms with E-state index in [1.807, 2.05) is 0 Å². The zero-order valence-electron chi connectivity index (χ0n) is 4.91. The predicted octanol–water partition coefficient (Wildman–Crippen LogP) is -0.598. The van der Waals surface area contributed by atoms with Crippen LogP contribution in [0.3, 0.4) is 0 Å². The summed E-state index contributed by atoms with van der Waals surface area (Å²) < 4.78 is 0. The molecule has 4 N–H and O–H groups in total. The van der Waals surface area contributed by atoms with Crippen molar-refractivity contribution in [1.82, 2.24) is 10.2 Å². The monoisotopic (exact) mass is 127 g/mol. The van der Waals surface area contributed by atoms with Crippen molar-refractivity contribution in [2.75, 3.05) is 6.54 Å². The molecule has 0 saturated carbocycles. The highest BCUT2D eigenvalue weighted by Gasteiger charge is 2.03. The molecule has 4 nitrogen and oxygen atoms in total. The Morgan fingerprint density at radius 2 is 2.67 bits per heavy atom. The third-order valence-electron chi connectivity index (χ3n) is 1.13. The molecule has 0 radical (unpaired) electrons. The van der Waals surface area contributed by atoms with Crippen LogP contribution in [0.15, 0.2) is 12.4 Å². The average Bonchev–Trinajstić information content (AvgIpc) is 2.37. The topological polar surface area (TPSA) is 74.9 Å². The van der Waals surface area contributed by atoms with Crippen molar-refractivity contribution in [3.05, 3.63) is 18.0 Å². The maximum Gasteiger partial charge on any atom is 0.0942 e. The second kappa shape index (κ2) is 2.61. The van der Waals surface area contributed by atoms with Gasteiger partial charge in [-0.2, -0.15) is 5.10 Å². The Morgan fingerprint density at radius 1 is 1.89 bits per heavy atom. The minimum Gasteiger partial charge on any atom is -0.387 e. The molecule has 1 atom stereocenters. The molecular formula is C5H9N3O. The highest BCUT2D eigenvalue weighted by Crippen LogP contribution is 2.06. The molecule has 0 aliphatic rings. The van der Waals surface area contributed by atoms with Gasteiger partial charge in [0, 0.05) is 18.3 Å². The fraction of sp³-hybridized carbons (Fsp3) is 0.400. The molecule has 9 heavy (non-hydrogen) atoms. The molecule has 1 aromatic rings. The molecule has 0 amide bonds. The first-order chi connectivity index (χ1) is 4.34. The molecule has 50 valence electrons. The molecule has 4 heteroatoms. The van der Waals surface area contributed by atoms with Crippen LogP contribution in [0.4, 0.5) is 0 Å². The van der Waals surface area contributed by atoms with Gasteiger partial charge in [-0.05, 0) is 0 Å². The van der Waals surface area contributed by atoms with E-state index in [1.165, 1.54) is 0 Å². The van der Waals surface area contributed by atoms with Crippen LogP contribution >= 0.6 is 0 Å². The van der Waals surface area contributed by atoms with Crippen LogP contribution in [0, 0.1) is 0 Å². The Hall–Kier alpha value is -0.870. The molecule has 1 rings (SSSR count). The third kappa shape index (κ3) is 1.28. The minimum absolute atomic E-state index is 0.236. The lowest BCUT2D eigenvalue weighted by Gasteiger charge is -2.00. The van der Waals surface area contributed by atoms with Crippen LogP contribution in [-0.2, 0) is 0 Å². The lowest BCUT2D eigenvalue weighted by molar-refractivity contribution is 0.187. The quantitative estimate of drug-likeness (QED) is 0.496. The first-order valence-electron chi connectivity index (χ1n) is 2.71. The van der Waals surface area contributed by atoms with Gasteiger partial charge in [0.15, 0.2) is 0 Å². The van der Waals surface area contributed by atoms with E-state index >= 15 is 0 Å². The number of aromatic amines is 1. The van der Waals surface area contributed by atoms with E-state index < -0.39 is 6.10 Å². The van der Waals surface area contributed by atoms with Gasteiger partial charge in [-0.3, -0.25) is 5.10 Å². The Kier molecular flexibility index (Phi) is 1.81. The first-order valence-corrected chi connectivity index (χ1v) is 2.71. The number of nitrogens with two attached hydrogens (primary N) is 1. The second-order valence-electron chi connectivity index (χ2n) is 1.78. The van der Waals surface area contributed by atoms with Crippen molar-refractivity contribution >= 4 is 0 Å². The Balaban J connectivity index is 2.65. The lowest BCUT2D eigenvalue weighted by Crippen LogP contribution is -2.10. The van der Waals surface area contributed by atoms with Gasteiger partial charge in [-0.25, -0.2) is 0 Å². The van der Waals surface area contributed by atoms with E-state index in [0.29, 0.717) is 0 Å². The van der Waals surface area contributed by atoms with E-state index in [2.05, 4.69) is 10.2 Å². The zero-order chi connectivity index (χ0) is 6.69. The van der Waals surface area contributed by atoms with Gasteiger partial charge in [0.05, 0.1) is 12.3 Å². The van der Waals surface area contributed by atoms with Crippen molar-refractivity contribution in [1.29, 1.82) is 0 Å². The Morgan fingerprint density at radius 3 is 3.11 bits per heavy atom. The molecule has 1 aromatic heterocycles. The van der Waals surface area contributed by atoms with Crippen LogP contribution in [-0.4, -0.2) is 21.8 Å². The van der Waals surface area contributed by atoms with Crippen LogP contribution in [0.1, 0.15) is 11.7 Å². The van der Waals surface area contributed by atoms with Gasteiger partial charge in [-0.1, -0.05) is 0 Å². The predicted molar refractivity (Wildman–Crippen MR) is 32.6 cm³/mol. The van der Waals surface area contributed by atoms with Gasteiger partial charge in [0.25, 0.3) is 0 Å².